The third kappa shape index (κ3) is 6.46. The van der Waals surface area contributed by atoms with Crippen LogP contribution in [0.3, 0.4) is 0 Å². The molecule has 344 valence electrons. The van der Waals surface area contributed by atoms with Crippen molar-refractivity contribution in [2.45, 2.75) is 107 Å². The summed E-state index contributed by atoms with van der Waals surface area (Å²) in [5.74, 6) is -138. The molecule has 0 aromatic rings. The highest BCUT2D eigenvalue weighted by Crippen LogP contribution is 2.69. The highest BCUT2D eigenvalue weighted by molar-refractivity contribution is 5.19. The minimum absolute atomic E-state index is 0.305. The minimum Gasteiger partial charge on any atom is -0.264 e. The molecule has 1 unspecified atom stereocenters. The quantitative estimate of drug-likeness (QED) is 0.149. The van der Waals surface area contributed by atoms with Gasteiger partial charge in [-0.25, -0.2) is 0 Å². The van der Waals surface area contributed by atoms with Crippen LogP contribution < -0.4 is 0 Å². The van der Waals surface area contributed by atoms with E-state index in [0.29, 0.717) is 4.74 Å². The molecule has 0 saturated carbocycles. The largest absolute Gasteiger partial charge is 0.460 e. The van der Waals surface area contributed by atoms with E-state index in [9.17, 15) is 167 Å². The Balaban J connectivity index is 7.94. The molecule has 0 aliphatic heterocycles. The van der Waals surface area contributed by atoms with Gasteiger partial charge in [-0.15, -0.1) is 0 Å². The molecular weight excluding hydrogens is 954 g/mol. The van der Waals surface area contributed by atoms with Gasteiger partial charge in [0.1, 0.15) is 0 Å². The normalized spacial score (nSPS) is 18.2. The van der Waals surface area contributed by atoms with Gasteiger partial charge in [-0.1, -0.05) is 0 Å². The highest BCUT2D eigenvalue weighted by Gasteiger charge is 3.00. The van der Waals surface area contributed by atoms with Crippen LogP contribution in [0.5, 0.6) is 0 Å². The van der Waals surface area contributed by atoms with Crippen molar-refractivity contribution in [1.29, 1.82) is 0 Å². The summed E-state index contributed by atoms with van der Waals surface area (Å²) < 4.78 is 504. The number of ether oxygens (including phenoxy) is 1. The van der Waals surface area contributed by atoms with Gasteiger partial charge in [-0.3, -0.25) is 4.74 Å². The lowest BCUT2D eigenvalue weighted by Crippen LogP contribution is -2.78. The molecule has 39 heteroatoms. The second kappa shape index (κ2) is 12.9. The summed E-state index contributed by atoms with van der Waals surface area (Å²) in [6, 6.07) is 0. The van der Waals surface area contributed by atoms with E-state index in [2.05, 4.69) is 0 Å². The Kier molecular flexibility index (Phi) is 12.3. The van der Waals surface area contributed by atoms with Gasteiger partial charge in [-0.05, 0) is 0 Å². The maximum atomic E-state index is 14.3. The molecule has 0 heterocycles. The fourth-order valence-electron chi connectivity index (χ4n) is 3.06. The topological polar surface area (TPSA) is 9.23 Å². The first-order valence-corrected chi connectivity index (χ1v) is 11.6. The van der Waals surface area contributed by atoms with E-state index in [1.807, 2.05) is 0 Å². The predicted octanol–water partition coefficient (Wildman–Crippen LogP) is 12.2. The number of alkyl halides is 38. The van der Waals surface area contributed by atoms with Crippen LogP contribution in [0.15, 0.2) is 0 Å². The Labute approximate surface area is 280 Å². The van der Waals surface area contributed by atoms with Gasteiger partial charge < -0.3 is 0 Å². The van der Waals surface area contributed by atoms with Crippen LogP contribution in [0, 0.1) is 0 Å². The number of halogens is 38. The third-order valence-corrected chi connectivity index (χ3v) is 6.45. The Bertz CT molecular complexity index is 1450. The van der Waals surface area contributed by atoms with Crippen LogP contribution in [0.2, 0.25) is 0 Å². The number of hydrogen-bond donors (Lipinski definition) is 0. The molecule has 0 aliphatic carbocycles. The highest BCUT2D eigenvalue weighted by atomic mass is 19.5. The van der Waals surface area contributed by atoms with E-state index in [0.717, 1.165) is 0 Å². The van der Waals surface area contributed by atoms with Gasteiger partial charge in [-0.2, -0.15) is 167 Å². The van der Waals surface area contributed by atoms with Crippen molar-refractivity contribution in [1.82, 2.24) is 0 Å². The molecule has 1 atom stereocenters. The van der Waals surface area contributed by atoms with Crippen LogP contribution in [-0.4, -0.2) is 107 Å². The minimum atomic E-state index is -10.3. The molecule has 0 N–H and O–H groups in total. The molecule has 0 saturated heterocycles. The van der Waals surface area contributed by atoms with Crippen LogP contribution in [0.25, 0.3) is 0 Å². The fraction of sp³-hybridized carbons (Fsp3) is 1.00. The Morgan fingerprint density at radius 3 is 0.491 bits per heavy atom. The first kappa shape index (κ1) is 54.3. The van der Waals surface area contributed by atoms with Crippen molar-refractivity contribution in [2.24, 2.45) is 0 Å². The monoisotopic (exact) mass is 954 g/mol. The molecule has 0 fully saturated rings. The molecule has 0 rings (SSSR count). The fourth-order valence-corrected chi connectivity index (χ4v) is 3.06. The zero-order valence-corrected chi connectivity index (χ0v) is 23.8. The van der Waals surface area contributed by atoms with Crippen LogP contribution >= 0.6 is 0 Å². The third-order valence-electron chi connectivity index (χ3n) is 6.45. The summed E-state index contributed by atoms with van der Waals surface area (Å²) in [7, 11) is 0. The molecular formula is C18F38O. The molecule has 0 aliphatic rings. The molecule has 1 nitrogen and oxygen atoms in total. The van der Waals surface area contributed by atoms with Gasteiger partial charge >= 0.3 is 107 Å². The zero-order chi connectivity index (χ0) is 47.7. The van der Waals surface area contributed by atoms with E-state index < -0.39 is 107 Å². The van der Waals surface area contributed by atoms with Crippen molar-refractivity contribution < 1.29 is 172 Å². The molecule has 0 aromatic heterocycles. The lowest BCUT2D eigenvalue weighted by Gasteiger charge is -2.46. The zero-order valence-electron chi connectivity index (χ0n) is 23.8. The van der Waals surface area contributed by atoms with Crippen LogP contribution in [-0.2, 0) is 4.74 Å². The first-order chi connectivity index (χ1) is 23.7. The van der Waals surface area contributed by atoms with E-state index >= 15 is 0 Å². The molecule has 0 radical (unpaired) electrons. The summed E-state index contributed by atoms with van der Waals surface area (Å²) in [6.07, 6.45) is -36.3. The second-order valence-corrected chi connectivity index (χ2v) is 10.2. The molecule has 0 aromatic carbocycles. The maximum absolute atomic E-state index is 14.3. The van der Waals surface area contributed by atoms with Crippen LogP contribution in [0.4, 0.5) is 167 Å². The molecule has 57 heavy (non-hydrogen) atoms. The molecule has 0 spiro atoms. The molecule has 0 bridgehead atoms. The van der Waals surface area contributed by atoms with Crippen molar-refractivity contribution in [2.75, 3.05) is 0 Å². The Morgan fingerprint density at radius 1 is 0.158 bits per heavy atom. The van der Waals surface area contributed by atoms with E-state index in [4.69, 9.17) is 0 Å². The van der Waals surface area contributed by atoms with Crippen molar-refractivity contribution >= 4 is 0 Å². The van der Waals surface area contributed by atoms with Crippen molar-refractivity contribution in [3.8, 4) is 0 Å². The van der Waals surface area contributed by atoms with Gasteiger partial charge in [0.05, 0.1) is 0 Å². The Morgan fingerprint density at radius 2 is 0.316 bits per heavy atom. The second-order valence-electron chi connectivity index (χ2n) is 10.2. The maximum Gasteiger partial charge on any atom is 0.460 e. The summed E-state index contributed by atoms with van der Waals surface area (Å²) >= 11 is 0. The Hall–Kier alpha value is -2.70. The lowest BCUT2D eigenvalue weighted by molar-refractivity contribution is -0.538. The van der Waals surface area contributed by atoms with E-state index in [-0.39, 0.29) is 0 Å². The standard InChI is InChI=1S/C18F38O/c19-1(20,3(23,24)7(31,32)11(39,40)15(46,47)48)2(21,22)6(29,30)10(37,38)14(45,17(52,53)54)57-18(55,56)13(43,44)9(35,36)5(27,28)4(25,26)8(33,34)12(41,42)16(49,50)51. The average molecular weight is 954 g/mol. The summed E-state index contributed by atoms with van der Waals surface area (Å²) in [6.45, 7) is 0. The summed E-state index contributed by atoms with van der Waals surface area (Å²) in [4.78, 5) is 0. The smallest absolute Gasteiger partial charge is 0.264 e. The molecule has 0 amide bonds. The number of rotatable bonds is 15. The predicted molar refractivity (Wildman–Crippen MR) is 92.3 cm³/mol. The van der Waals surface area contributed by atoms with Gasteiger partial charge in [0.25, 0.3) is 0 Å². The summed E-state index contributed by atoms with van der Waals surface area (Å²) in [5.41, 5.74) is 0. The van der Waals surface area contributed by atoms with Crippen LogP contribution in [0.1, 0.15) is 0 Å². The number of hydrogen-bond acceptors (Lipinski definition) is 1. The van der Waals surface area contributed by atoms with E-state index in [1.165, 1.54) is 0 Å². The van der Waals surface area contributed by atoms with Gasteiger partial charge in [0.2, 0.25) is 0 Å². The van der Waals surface area contributed by atoms with Crippen molar-refractivity contribution in [3.05, 3.63) is 0 Å². The SMILES string of the molecule is FC(F)(F)C(F)(F)C(F)(F)C(F)(F)C(F)(F)C(F)(F)C(F)(F)C(F)(F)OC(F)(C(F)(F)F)C(F)(F)C(F)(F)C(F)(F)C(F)(F)C(F)(F)C(F)(F)C(F)(F)C(F)(F)F. The first-order valence-electron chi connectivity index (χ1n) is 11.6. The summed E-state index contributed by atoms with van der Waals surface area (Å²) in [5, 5.41) is 0. The lowest BCUT2D eigenvalue weighted by atomic mass is 9.86. The van der Waals surface area contributed by atoms with Gasteiger partial charge in [0, 0.05) is 0 Å². The van der Waals surface area contributed by atoms with Crippen molar-refractivity contribution in [3.63, 3.8) is 0 Å². The van der Waals surface area contributed by atoms with Gasteiger partial charge in [0.15, 0.2) is 0 Å². The average Bonchev–Trinajstić information content (AvgIpc) is 2.93. The van der Waals surface area contributed by atoms with E-state index in [1.54, 1.807) is 0 Å².